The van der Waals surface area contributed by atoms with Crippen LogP contribution >= 0.6 is 0 Å². The number of hydrogen-bond acceptors (Lipinski definition) is 5. The van der Waals surface area contributed by atoms with Crippen LogP contribution < -0.4 is 14.3 Å². The molecule has 0 unspecified atom stereocenters. The lowest BCUT2D eigenvalue weighted by Crippen LogP contribution is -2.37. The van der Waals surface area contributed by atoms with Gasteiger partial charge >= 0.3 is 0 Å². The molecule has 10 heteroatoms. The summed E-state index contributed by atoms with van der Waals surface area (Å²) in [5.74, 6) is -0.557. The zero-order valence-corrected chi connectivity index (χ0v) is 21.0. The number of nitrogens with zero attached hydrogens (tertiary/aromatic N) is 1. The molecule has 3 aromatic rings. The van der Waals surface area contributed by atoms with E-state index in [2.05, 4.69) is 10.0 Å². The first-order valence-corrected chi connectivity index (χ1v) is 13.7. The quantitative estimate of drug-likeness (QED) is 0.487. The Bertz CT molecular complexity index is 1400. The van der Waals surface area contributed by atoms with Gasteiger partial charge in [-0.1, -0.05) is 18.2 Å². The van der Waals surface area contributed by atoms with Crippen molar-refractivity contribution in [3.05, 3.63) is 83.4 Å². The molecule has 3 rings (SSSR count). The average Bonchev–Trinajstić information content (AvgIpc) is 2.70. The Labute approximate surface area is 200 Å². The summed E-state index contributed by atoms with van der Waals surface area (Å²) in [7, 11) is -7.52. The minimum Gasteiger partial charge on any atom is -0.325 e. The first-order valence-electron chi connectivity index (χ1n) is 10.4. The monoisotopic (exact) mass is 501 g/mol. The summed E-state index contributed by atoms with van der Waals surface area (Å²) in [4.78, 5) is 12.6. The van der Waals surface area contributed by atoms with Crippen molar-refractivity contribution in [2.45, 2.75) is 25.7 Å². The molecule has 0 bridgehead atoms. The molecule has 3 aromatic carbocycles. The van der Waals surface area contributed by atoms with E-state index >= 15 is 0 Å². The Balaban J connectivity index is 1.73. The van der Waals surface area contributed by atoms with Crippen LogP contribution in [0.5, 0.6) is 0 Å². The summed E-state index contributed by atoms with van der Waals surface area (Å²) in [6.45, 7) is 5.14. The van der Waals surface area contributed by atoms with Crippen molar-refractivity contribution in [1.82, 2.24) is 0 Å². The van der Waals surface area contributed by atoms with Gasteiger partial charge in [0.25, 0.3) is 10.0 Å². The number of hydrogen-bond donors (Lipinski definition) is 2. The summed E-state index contributed by atoms with van der Waals surface area (Å²) < 4.78 is 53.5. The molecule has 34 heavy (non-hydrogen) atoms. The van der Waals surface area contributed by atoms with Gasteiger partial charge < -0.3 is 5.32 Å². The Morgan fingerprint density at radius 2 is 1.41 bits per heavy atom. The van der Waals surface area contributed by atoms with E-state index in [1.54, 1.807) is 30.3 Å². The largest absolute Gasteiger partial charge is 0.325 e. The van der Waals surface area contributed by atoms with E-state index in [1.165, 1.54) is 24.3 Å². The zero-order chi connectivity index (χ0) is 25.1. The molecule has 0 saturated carbocycles. The van der Waals surface area contributed by atoms with Crippen LogP contribution in [0.3, 0.4) is 0 Å². The fraction of sp³-hybridized carbons (Fsp3) is 0.208. The highest BCUT2D eigenvalue weighted by atomic mass is 32.2. The number of rotatable bonds is 8. The second kappa shape index (κ2) is 9.86. The highest BCUT2D eigenvalue weighted by Gasteiger charge is 2.22. The van der Waals surface area contributed by atoms with Gasteiger partial charge in [0.05, 0.1) is 16.8 Å². The number of benzene rings is 3. The Morgan fingerprint density at radius 3 is 1.97 bits per heavy atom. The van der Waals surface area contributed by atoms with Crippen LogP contribution in [0.4, 0.5) is 17.1 Å². The Hall–Kier alpha value is -3.37. The van der Waals surface area contributed by atoms with E-state index in [0.29, 0.717) is 17.1 Å². The van der Waals surface area contributed by atoms with E-state index in [0.717, 1.165) is 27.3 Å². The van der Waals surface area contributed by atoms with Gasteiger partial charge in [-0.2, -0.15) is 0 Å². The van der Waals surface area contributed by atoms with Gasteiger partial charge in [0, 0.05) is 11.4 Å². The van der Waals surface area contributed by atoms with Crippen molar-refractivity contribution in [3.8, 4) is 0 Å². The van der Waals surface area contributed by atoms with E-state index in [-0.39, 0.29) is 4.90 Å². The normalized spacial score (nSPS) is 11.6. The summed E-state index contributed by atoms with van der Waals surface area (Å²) >= 11 is 0. The number of carbonyl (C=O) groups excluding carboxylic acids is 1. The molecule has 8 nitrogen and oxygen atoms in total. The molecular weight excluding hydrogens is 474 g/mol. The number of aryl methyl sites for hydroxylation is 3. The summed E-state index contributed by atoms with van der Waals surface area (Å²) in [5.41, 5.74) is 3.86. The van der Waals surface area contributed by atoms with Crippen LogP contribution in [0, 0.1) is 20.8 Å². The summed E-state index contributed by atoms with van der Waals surface area (Å²) in [6, 6.07) is 17.9. The minimum absolute atomic E-state index is 0.0278. The van der Waals surface area contributed by atoms with Crippen molar-refractivity contribution in [2.24, 2.45) is 0 Å². The number of carbonyl (C=O) groups is 1. The number of nitrogens with one attached hydrogen (secondary N) is 2. The van der Waals surface area contributed by atoms with Crippen LogP contribution in [0.1, 0.15) is 16.7 Å². The van der Waals surface area contributed by atoms with Crippen molar-refractivity contribution >= 4 is 43.0 Å². The predicted molar refractivity (Wildman–Crippen MR) is 135 cm³/mol. The van der Waals surface area contributed by atoms with Gasteiger partial charge in [0.2, 0.25) is 15.9 Å². The van der Waals surface area contributed by atoms with Crippen molar-refractivity contribution < 1.29 is 21.6 Å². The van der Waals surface area contributed by atoms with Crippen LogP contribution in [0.15, 0.2) is 71.6 Å². The maximum Gasteiger partial charge on any atom is 0.261 e. The first-order chi connectivity index (χ1) is 15.8. The minimum atomic E-state index is -3.81. The van der Waals surface area contributed by atoms with Crippen LogP contribution in [0.2, 0.25) is 0 Å². The lowest BCUT2D eigenvalue weighted by Gasteiger charge is -2.23. The zero-order valence-electron chi connectivity index (χ0n) is 19.4. The second-order valence-electron chi connectivity index (χ2n) is 8.16. The predicted octanol–water partition coefficient (Wildman–Crippen LogP) is 3.82. The maximum absolute atomic E-state index is 12.6. The molecule has 0 aromatic heterocycles. The van der Waals surface area contributed by atoms with Crippen molar-refractivity contribution in [3.63, 3.8) is 0 Å². The van der Waals surface area contributed by atoms with Gasteiger partial charge in [-0.3, -0.25) is 13.8 Å². The van der Waals surface area contributed by atoms with Gasteiger partial charge in [0.1, 0.15) is 6.54 Å². The molecule has 0 saturated heterocycles. The van der Waals surface area contributed by atoms with Crippen LogP contribution in [0.25, 0.3) is 0 Å². The lowest BCUT2D eigenvalue weighted by molar-refractivity contribution is -0.114. The van der Waals surface area contributed by atoms with Gasteiger partial charge in [-0.05, 0) is 86.0 Å². The Kier molecular flexibility index (Phi) is 7.32. The number of sulfonamides is 2. The number of anilines is 3. The summed E-state index contributed by atoms with van der Waals surface area (Å²) in [5, 5.41) is 2.62. The molecule has 0 aliphatic heterocycles. The highest BCUT2D eigenvalue weighted by molar-refractivity contribution is 7.92. The molecular formula is C24H27N3O5S2. The molecule has 0 aliphatic carbocycles. The van der Waals surface area contributed by atoms with E-state index in [4.69, 9.17) is 0 Å². The molecule has 1 amide bonds. The van der Waals surface area contributed by atoms with E-state index < -0.39 is 32.5 Å². The fourth-order valence-corrected chi connectivity index (χ4v) is 5.36. The van der Waals surface area contributed by atoms with Crippen LogP contribution in [-0.2, 0) is 24.8 Å². The maximum atomic E-state index is 12.6. The van der Waals surface area contributed by atoms with E-state index in [9.17, 15) is 21.6 Å². The van der Waals surface area contributed by atoms with Crippen molar-refractivity contribution in [2.75, 3.05) is 27.1 Å². The van der Waals surface area contributed by atoms with Gasteiger partial charge in [-0.25, -0.2) is 16.8 Å². The molecule has 0 aliphatic rings. The molecule has 0 radical (unpaired) electrons. The third-order valence-electron chi connectivity index (χ3n) is 4.90. The van der Waals surface area contributed by atoms with E-state index in [1.807, 2.05) is 32.9 Å². The van der Waals surface area contributed by atoms with Crippen LogP contribution in [-0.4, -0.2) is 35.5 Å². The third kappa shape index (κ3) is 6.58. The highest BCUT2D eigenvalue weighted by Crippen LogP contribution is 2.22. The van der Waals surface area contributed by atoms with Gasteiger partial charge in [-0.15, -0.1) is 0 Å². The standard InChI is InChI=1S/C24H27N3O5S2/c1-17-6-5-7-21(13-17)26-34(31,32)23-10-8-20(9-11-23)25-24(28)16-27(33(4,29)30)22-14-18(2)12-19(3)15-22/h5-15,26H,16H2,1-4H3,(H,25,28). The summed E-state index contributed by atoms with van der Waals surface area (Å²) in [6.07, 6.45) is 1.04. The van der Waals surface area contributed by atoms with Gasteiger partial charge in [0.15, 0.2) is 0 Å². The third-order valence-corrected chi connectivity index (χ3v) is 7.44. The molecule has 180 valence electrons. The fourth-order valence-electron chi connectivity index (χ4n) is 3.47. The number of amides is 1. The SMILES string of the molecule is Cc1cccc(NS(=O)(=O)c2ccc(NC(=O)CN(c3cc(C)cc(C)c3)S(C)(=O)=O)cc2)c1. The second-order valence-corrected chi connectivity index (χ2v) is 11.8. The first kappa shape index (κ1) is 25.3. The topological polar surface area (TPSA) is 113 Å². The molecule has 0 spiro atoms. The average molecular weight is 502 g/mol. The van der Waals surface area contributed by atoms with Crippen molar-refractivity contribution in [1.29, 1.82) is 0 Å². The smallest absolute Gasteiger partial charge is 0.261 e. The molecule has 0 fully saturated rings. The molecule has 0 heterocycles. The molecule has 0 atom stereocenters. The molecule has 2 N–H and O–H groups in total. The Morgan fingerprint density at radius 1 is 0.794 bits per heavy atom. The lowest BCUT2D eigenvalue weighted by atomic mass is 10.1.